The first-order chi connectivity index (χ1) is 11.4. The van der Waals surface area contributed by atoms with Crippen LogP contribution < -0.4 is 10.6 Å². The van der Waals surface area contributed by atoms with Crippen LogP contribution >= 0.6 is 11.3 Å². The van der Waals surface area contributed by atoms with Gasteiger partial charge in [0.25, 0.3) is 0 Å². The summed E-state index contributed by atoms with van der Waals surface area (Å²) >= 11 is 1.11. The summed E-state index contributed by atoms with van der Waals surface area (Å²) in [6.07, 6.45) is -1.29. The molecule has 7 nitrogen and oxygen atoms in total. The second kappa shape index (κ2) is 7.69. The van der Waals surface area contributed by atoms with Crippen molar-refractivity contribution in [2.45, 2.75) is 25.8 Å². The first-order valence-electron chi connectivity index (χ1n) is 7.20. The number of rotatable bonds is 6. The molecule has 2 atom stereocenters. The number of nitrogens with one attached hydrogen (secondary N) is 2. The van der Waals surface area contributed by atoms with Crippen LogP contribution in [0.3, 0.4) is 0 Å². The number of aromatic nitrogens is 1. The van der Waals surface area contributed by atoms with E-state index in [0.29, 0.717) is 0 Å². The lowest BCUT2D eigenvalue weighted by molar-refractivity contribution is -0.118. The molecule has 8 heteroatoms. The predicted molar refractivity (Wildman–Crippen MR) is 90.6 cm³/mol. The highest BCUT2D eigenvalue weighted by atomic mass is 32.1. The molecular formula is C16H17N3O4S. The third-order valence-electron chi connectivity index (χ3n) is 3.48. The molecule has 1 aromatic carbocycles. The van der Waals surface area contributed by atoms with Crippen LogP contribution in [-0.4, -0.2) is 33.9 Å². The minimum Gasteiger partial charge on any atom is -0.465 e. The molecule has 2 aromatic rings. The second-order valence-electron chi connectivity index (χ2n) is 5.21. The molecule has 0 saturated heterocycles. The van der Waals surface area contributed by atoms with Crippen LogP contribution in [-0.2, 0) is 4.79 Å². The molecule has 1 heterocycles. The molecule has 0 saturated carbocycles. The maximum absolute atomic E-state index is 12.5. The van der Waals surface area contributed by atoms with E-state index < -0.39 is 18.0 Å². The standard InChI is InChI=1S/C16H17N3O4S/c1-9(11-6-4-3-5-7-11)13(18-16(22)23)14(21)19-15-17-12(8-24-15)10(2)20/h3-9,13,18H,1-2H3,(H,22,23)(H,17,19,21)/t9-,13-/m0/s1. The lowest BCUT2D eigenvalue weighted by atomic mass is 9.93. The van der Waals surface area contributed by atoms with E-state index in [2.05, 4.69) is 15.6 Å². The number of ketones is 1. The molecule has 0 unspecified atom stereocenters. The van der Waals surface area contributed by atoms with Crippen molar-refractivity contribution in [2.75, 3.05) is 5.32 Å². The van der Waals surface area contributed by atoms with Gasteiger partial charge in [-0.25, -0.2) is 9.78 Å². The smallest absolute Gasteiger partial charge is 0.405 e. The number of Topliss-reactive ketones (excluding diaryl/α,β-unsaturated/α-hetero) is 1. The van der Waals surface area contributed by atoms with Gasteiger partial charge in [-0.3, -0.25) is 9.59 Å². The third-order valence-corrected chi connectivity index (χ3v) is 4.24. The molecule has 0 aliphatic carbocycles. The van der Waals surface area contributed by atoms with Gasteiger partial charge in [0.2, 0.25) is 5.91 Å². The Hall–Kier alpha value is -2.74. The van der Waals surface area contributed by atoms with Gasteiger partial charge in [0.1, 0.15) is 11.7 Å². The van der Waals surface area contributed by atoms with Crippen molar-refractivity contribution < 1.29 is 19.5 Å². The Bertz CT molecular complexity index is 745. The molecule has 0 aliphatic rings. The van der Waals surface area contributed by atoms with E-state index >= 15 is 0 Å². The summed E-state index contributed by atoms with van der Waals surface area (Å²) < 4.78 is 0. The quantitative estimate of drug-likeness (QED) is 0.696. The number of carboxylic acid groups (broad SMARTS) is 1. The van der Waals surface area contributed by atoms with Crippen molar-refractivity contribution in [2.24, 2.45) is 0 Å². The van der Waals surface area contributed by atoms with E-state index in [9.17, 15) is 14.4 Å². The number of hydrogen-bond acceptors (Lipinski definition) is 5. The van der Waals surface area contributed by atoms with E-state index in [-0.39, 0.29) is 22.5 Å². The first kappa shape index (κ1) is 17.6. The summed E-state index contributed by atoms with van der Waals surface area (Å²) in [5.74, 6) is -1.11. The summed E-state index contributed by atoms with van der Waals surface area (Å²) in [5, 5.41) is 15.6. The molecule has 2 rings (SSSR count). The molecule has 0 radical (unpaired) electrons. The molecule has 2 amide bonds. The minimum absolute atomic E-state index is 0.204. The average Bonchev–Trinajstić information content (AvgIpc) is 3.01. The van der Waals surface area contributed by atoms with Gasteiger partial charge in [-0.05, 0) is 5.56 Å². The Morgan fingerprint density at radius 1 is 1.21 bits per heavy atom. The van der Waals surface area contributed by atoms with Gasteiger partial charge in [0.15, 0.2) is 10.9 Å². The molecule has 0 fully saturated rings. The van der Waals surface area contributed by atoms with E-state index in [1.807, 2.05) is 30.3 Å². The van der Waals surface area contributed by atoms with Crippen molar-refractivity contribution in [3.05, 3.63) is 47.0 Å². The fourth-order valence-electron chi connectivity index (χ4n) is 2.18. The molecule has 3 N–H and O–H groups in total. The Labute approximate surface area is 142 Å². The second-order valence-corrected chi connectivity index (χ2v) is 6.07. The van der Waals surface area contributed by atoms with Crippen LogP contribution in [0.2, 0.25) is 0 Å². The summed E-state index contributed by atoms with van der Waals surface area (Å²) in [6, 6.07) is 8.14. The van der Waals surface area contributed by atoms with Crippen LogP contribution in [0.1, 0.15) is 35.8 Å². The van der Waals surface area contributed by atoms with Gasteiger partial charge >= 0.3 is 6.09 Å². The fraction of sp³-hybridized carbons (Fsp3) is 0.250. The van der Waals surface area contributed by atoms with Gasteiger partial charge in [-0.1, -0.05) is 37.3 Å². The van der Waals surface area contributed by atoms with Crippen LogP contribution in [0, 0.1) is 0 Å². The highest BCUT2D eigenvalue weighted by molar-refractivity contribution is 7.14. The topological polar surface area (TPSA) is 108 Å². The van der Waals surface area contributed by atoms with E-state index in [1.165, 1.54) is 12.3 Å². The molecule has 126 valence electrons. The summed E-state index contributed by atoms with van der Waals surface area (Å²) in [7, 11) is 0. The maximum atomic E-state index is 12.5. The highest BCUT2D eigenvalue weighted by Gasteiger charge is 2.28. The maximum Gasteiger partial charge on any atom is 0.405 e. The Balaban J connectivity index is 2.18. The van der Waals surface area contributed by atoms with Gasteiger partial charge in [-0.15, -0.1) is 11.3 Å². The normalized spacial score (nSPS) is 12.9. The van der Waals surface area contributed by atoms with Gasteiger partial charge < -0.3 is 15.7 Å². The summed E-state index contributed by atoms with van der Waals surface area (Å²) in [5.41, 5.74) is 1.09. The van der Waals surface area contributed by atoms with Gasteiger partial charge in [0.05, 0.1) is 0 Å². The van der Waals surface area contributed by atoms with Gasteiger partial charge in [0, 0.05) is 18.2 Å². The summed E-state index contributed by atoms with van der Waals surface area (Å²) in [6.45, 7) is 3.14. The molecule has 0 spiro atoms. The van der Waals surface area contributed by atoms with Crippen molar-refractivity contribution in [3.8, 4) is 0 Å². The summed E-state index contributed by atoms with van der Waals surface area (Å²) in [4.78, 5) is 38.8. The highest BCUT2D eigenvalue weighted by Crippen LogP contribution is 2.22. The number of thiazole rings is 1. The Morgan fingerprint density at radius 3 is 2.42 bits per heavy atom. The van der Waals surface area contributed by atoms with Crippen molar-refractivity contribution >= 4 is 34.3 Å². The number of anilines is 1. The van der Waals surface area contributed by atoms with E-state index in [4.69, 9.17) is 5.11 Å². The SMILES string of the molecule is CC(=O)c1csc(NC(=O)[C@@H](NC(=O)O)[C@@H](C)c2ccccc2)n1. The zero-order chi connectivity index (χ0) is 17.7. The van der Waals surface area contributed by atoms with E-state index in [0.717, 1.165) is 16.9 Å². The first-order valence-corrected chi connectivity index (χ1v) is 8.08. The van der Waals surface area contributed by atoms with Crippen LogP contribution in [0.15, 0.2) is 35.7 Å². The predicted octanol–water partition coefficient (Wildman–Crippen LogP) is 2.72. The zero-order valence-electron chi connectivity index (χ0n) is 13.1. The third kappa shape index (κ3) is 4.39. The fourth-order valence-corrected chi connectivity index (χ4v) is 2.93. The molecule has 24 heavy (non-hydrogen) atoms. The molecular weight excluding hydrogens is 330 g/mol. The number of hydrogen-bond donors (Lipinski definition) is 3. The Kier molecular flexibility index (Phi) is 5.64. The average molecular weight is 347 g/mol. The number of benzene rings is 1. The monoisotopic (exact) mass is 347 g/mol. The van der Waals surface area contributed by atoms with Crippen LogP contribution in [0.25, 0.3) is 0 Å². The number of nitrogens with zero attached hydrogens (tertiary/aromatic N) is 1. The lowest BCUT2D eigenvalue weighted by Crippen LogP contribution is -2.46. The zero-order valence-corrected chi connectivity index (χ0v) is 14.0. The van der Waals surface area contributed by atoms with Crippen molar-refractivity contribution in [3.63, 3.8) is 0 Å². The largest absolute Gasteiger partial charge is 0.465 e. The lowest BCUT2D eigenvalue weighted by Gasteiger charge is -2.23. The molecule has 0 bridgehead atoms. The van der Waals surface area contributed by atoms with Crippen LogP contribution in [0.5, 0.6) is 0 Å². The number of carbonyl (C=O) groups is 3. The van der Waals surface area contributed by atoms with Gasteiger partial charge in [-0.2, -0.15) is 0 Å². The molecule has 1 aromatic heterocycles. The number of carbonyl (C=O) groups excluding carboxylic acids is 2. The van der Waals surface area contributed by atoms with Crippen molar-refractivity contribution in [1.29, 1.82) is 0 Å². The number of amides is 2. The van der Waals surface area contributed by atoms with Crippen LogP contribution in [0.4, 0.5) is 9.93 Å². The minimum atomic E-state index is -1.29. The van der Waals surface area contributed by atoms with E-state index in [1.54, 1.807) is 6.92 Å². The molecule has 0 aliphatic heterocycles. The Morgan fingerprint density at radius 2 is 1.88 bits per heavy atom. The van der Waals surface area contributed by atoms with Crippen molar-refractivity contribution in [1.82, 2.24) is 10.3 Å².